The Kier molecular flexibility index (Phi) is 3.58. The van der Waals surface area contributed by atoms with E-state index in [1.165, 1.54) is 27.4 Å². The zero-order valence-corrected chi connectivity index (χ0v) is 9.80. The van der Waals surface area contributed by atoms with Gasteiger partial charge in [-0.15, -0.1) is 3.89 Å². The Morgan fingerprint density at radius 3 is 1.75 bits per heavy atom. The summed E-state index contributed by atoms with van der Waals surface area (Å²) in [5, 5.41) is 0. The molecule has 0 aliphatic rings. The monoisotopic (exact) mass is 250 g/mol. The lowest BCUT2D eigenvalue weighted by Crippen LogP contribution is -2.00. The second-order valence-electron chi connectivity index (χ2n) is 2.80. The van der Waals surface area contributed by atoms with Gasteiger partial charge in [0.15, 0.2) is 11.5 Å². The molecule has 0 spiro atoms. The molecular formula is C9H11FO5S. The molecule has 0 fully saturated rings. The van der Waals surface area contributed by atoms with Gasteiger partial charge in [0.1, 0.15) is 10.6 Å². The summed E-state index contributed by atoms with van der Waals surface area (Å²) in [7, 11) is -0.937. The Morgan fingerprint density at radius 2 is 1.38 bits per heavy atom. The van der Waals surface area contributed by atoms with E-state index in [1.54, 1.807) is 0 Å². The number of benzene rings is 1. The lowest BCUT2D eigenvalue weighted by molar-refractivity contribution is 0.344. The summed E-state index contributed by atoms with van der Waals surface area (Å²) < 4.78 is 49.1. The van der Waals surface area contributed by atoms with Crippen molar-refractivity contribution in [2.45, 2.75) is 4.90 Å². The molecule has 1 rings (SSSR count). The highest BCUT2D eigenvalue weighted by Crippen LogP contribution is 2.37. The van der Waals surface area contributed by atoms with Gasteiger partial charge in [0.2, 0.25) is 0 Å². The van der Waals surface area contributed by atoms with Crippen LogP contribution in [0.5, 0.6) is 17.2 Å². The third kappa shape index (κ3) is 2.35. The van der Waals surface area contributed by atoms with Crippen molar-refractivity contribution < 1.29 is 26.5 Å². The van der Waals surface area contributed by atoms with Gasteiger partial charge in [-0.25, -0.2) is 0 Å². The maximum absolute atomic E-state index is 12.9. The highest BCUT2D eigenvalue weighted by molar-refractivity contribution is 7.86. The first-order valence-corrected chi connectivity index (χ1v) is 5.57. The fraction of sp³-hybridized carbons (Fsp3) is 0.333. The van der Waals surface area contributed by atoms with Gasteiger partial charge in [-0.05, 0) is 0 Å². The summed E-state index contributed by atoms with van der Waals surface area (Å²) in [6.45, 7) is 0. The second-order valence-corrected chi connectivity index (χ2v) is 4.11. The van der Waals surface area contributed by atoms with Crippen LogP contribution in [0.15, 0.2) is 17.0 Å². The third-order valence-corrected chi connectivity index (χ3v) is 2.78. The topological polar surface area (TPSA) is 61.8 Å². The first-order chi connectivity index (χ1) is 7.43. The molecule has 0 aliphatic heterocycles. The van der Waals surface area contributed by atoms with E-state index in [9.17, 15) is 12.3 Å². The Labute approximate surface area is 93.0 Å². The van der Waals surface area contributed by atoms with Crippen molar-refractivity contribution >= 4 is 10.2 Å². The minimum absolute atomic E-state index is 0.111. The van der Waals surface area contributed by atoms with Crippen molar-refractivity contribution in [3.63, 3.8) is 0 Å². The van der Waals surface area contributed by atoms with E-state index in [-0.39, 0.29) is 17.2 Å². The van der Waals surface area contributed by atoms with E-state index in [0.717, 1.165) is 6.07 Å². The van der Waals surface area contributed by atoms with Crippen LogP contribution in [0.2, 0.25) is 0 Å². The minimum atomic E-state index is -4.86. The van der Waals surface area contributed by atoms with E-state index in [2.05, 4.69) is 0 Å². The normalized spacial score (nSPS) is 11.0. The van der Waals surface area contributed by atoms with Crippen LogP contribution in [0.4, 0.5) is 3.89 Å². The van der Waals surface area contributed by atoms with Crippen molar-refractivity contribution in [3.8, 4) is 17.2 Å². The smallest absolute Gasteiger partial charge is 0.335 e. The van der Waals surface area contributed by atoms with Crippen molar-refractivity contribution in [1.29, 1.82) is 0 Å². The average molecular weight is 250 g/mol. The van der Waals surface area contributed by atoms with Crippen LogP contribution in [0.3, 0.4) is 0 Å². The number of ether oxygens (including phenoxy) is 3. The molecule has 0 N–H and O–H groups in total. The standard InChI is InChI=1S/C9H11FO5S/c1-13-6-4-8(15-3)9(16(10,11)12)5-7(6)14-2/h4-5H,1-3H3. The molecule has 1 aromatic rings. The molecule has 0 radical (unpaired) electrons. The fourth-order valence-electron chi connectivity index (χ4n) is 1.19. The Bertz CT molecular complexity index is 483. The Balaban J connectivity index is 3.50. The molecule has 0 unspecified atom stereocenters. The SMILES string of the molecule is COc1cc(OC)c(S(=O)(=O)F)cc1OC. The largest absolute Gasteiger partial charge is 0.495 e. The van der Waals surface area contributed by atoms with Crippen LogP contribution >= 0.6 is 0 Å². The van der Waals surface area contributed by atoms with Crippen molar-refractivity contribution in [3.05, 3.63) is 12.1 Å². The zero-order valence-electron chi connectivity index (χ0n) is 8.98. The summed E-state index contributed by atoms with van der Waals surface area (Å²) in [5.41, 5.74) is 0. The van der Waals surface area contributed by atoms with Gasteiger partial charge in [-0.3, -0.25) is 0 Å². The zero-order chi connectivity index (χ0) is 12.3. The predicted octanol–water partition coefficient (Wildman–Crippen LogP) is 1.37. The highest BCUT2D eigenvalue weighted by Gasteiger charge is 2.22. The van der Waals surface area contributed by atoms with E-state index < -0.39 is 15.1 Å². The van der Waals surface area contributed by atoms with Crippen molar-refractivity contribution in [2.24, 2.45) is 0 Å². The van der Waals surface area contributed by atoms with Crippen LogP contribution in [0.25, 0.3) is 0 Å². The number of rotatable bonds is 4. The Hall–Kier alpha value is -1.50. The minimum Gasteiger partial charge on any atom is -0.495 e. The predicted molar refractivity (Wildman–Crippen MR) is 54.4 cm³/mol. The first kappa shape index (κ1) is 12.6. The van der Waals surface area contributed by atoms with Gasteiger partial charge in [0.25, 0.3) is 0 Å². The van der Waals surface area contributed by atoms with E-state index in [4.69, 9.17) is 14.2 Å². The molecule has 0 bridgehead atoms. The maximum Gasteiger partial charge on any atom is 0.335 e. The molecule has 0 saturated carbocycles. The van der Waals surface area contributed by atoms with Gasteiger partial charge in [0, 0.05) is 12.1 Å². The maximum atomic E-state index is 12.9. The molecule has 0 saturated heterocycles. The van der Waals surface area contributed by atoms with Crippen molar-refractivity contribution in [2.75, 3.05) is 21.3 Å². The number of hydrogen-bond acceptors (Lipinski definition) is 5. The molecule has 5 nitrogen and oxygen atoms in total. The van der Waals surface area contributed by atoms with Crippen LogP contribution < -0.4 is 14.2 Å². The molecule has 0 aliphatic carbocycles. The van der Waals surface area contributed by atoms with Gasteiger partial charge >= 0.3 is 10.2 Å². The number of halogens is 1. The second kappa shape index (κ2) is 4.56. The van der Waals surface area contributed by atoms with Crippen LogP contribution in [0.1, 0.15) is 0 Å². The molecular weight excluding hydrogens is 239 g/mol. The summed E-state index contributed by atoms with van der Waals surface area (Å²) in [6, 6.07) is 2.25. The van der Waals surface area contributed by atoms with E-state index in [1.807, 2.05) is 0 Å². The molecule has 0 atom stereocenters. The van der Waals surface area contributed by atoms with E-state index in [0.29, 0.717) is 0 Å². The fourth-order valence-corrected chi connectivity index (χ4v) is 1.82. The number of methoxy groups -OCH3 is 3. The lowest BCUT2D eigenvalue weighted by atomic mass is 10.3. The summed E-state index contributed by atoms with van der Waals surface area (Å²) in [5.74, 6) is 0.228. The van der Waals surface area contributed by atoms with Crippen LogP contribution in [0, 0.1) is 0 Å². The summed E-state index contributed by atoms with van der Waals surface area (Å²) in [4.78, 5) is -0.590. The molecule has 7 heteroatoms. The van der Waals surface area contributed by atoms with Crippen LogP contribution in [-0.4, -0.2) is 29.7 Å². The highest BCUT2D eigenvalue weighted by atomic mass is 32.3. The third-order valence-electron chi connectivity index (χ3n) is 1.93. The average Bonchev–Trinajstić information content (AvgIpc) is 2.25. The van der Waals surface area contributed by atoms with Crippen LogP contribution in [-0.2, 0) is 10.2 Å². The van der Waals surface area contributed by atoms with Gasteiger partial charge in [-0.2, -0.15) is 8.42 Å². The van der Waals surface area contributed by atoms with Gasteiger partial charge in [0.05, 0.1) is 21.3 Å². The first-order valence-electron chi connectivity index (χ1n) is 4.18. The summed E-state index contributed by atoms with van der Waals surface area (Å²) >= 11 is 0. The van der Waals surface area contributed by atoms with Gasteiger partial charge in [-0.1, -0.05) is 0 Å². The molecule has 1 aromatic carbocycles. The quantitative estimate of drug-likeness (QED) is 0.755. The molecule has 90 valence electrons. The summed E-state index contributed by atoms with van der Waals surface area (Å²) in [6.07, 6.45) is 0. The lowest BCUT2D eigenvalue weighted by Gasteiger charge is -2.11. The molecule has 0 amide bonds. The van der Waals surface area contributed by atoms with Crippen molar-refractivity contribution in [1.82, 2.24) is 0 Å². The van der Waals surface area contributed by atoms with Gasteiger partial charge < -0.3 is 14.2 Å². The molecule has 16 heavy (non-hydrogen) atoms. The number of hydrogen-bond donors (Lipinski definition) is 0. The molecule has 0 aromatic heterocycles. The Morgan fingerprint density at radius 1 is 0.938 bits per heavy atom. The van der Waals surface area contributed by atoms with E-state index >= 15 is 0 Å². The molecule has 0 heterocycles.